The first-order valence-electron chi connectivity index (χ1n) is 16.2. The van der Waals surface area contributed by atoms with E-state index < -0.39 is 0 Å². The third-order valence-electron chi connectivity index (χ3n) is 8.50. The van der Waals surface area contributed by atoms with Gasteiger partial charge in [-0.1, -0.05) is 103 Å². The Bertz CT molecular complexity index is 2140. The molecule has 2 nitrogen and oxygen atoms in total. The van der Waals surface area contributed by atoms with Crippen LogP contribution < -0.4 is 9.80 Å². The van der Waals surface area contributed by atoms with E-state index in [0.29, 0.717) is 0 Å². The smallest absolute Gasteiger partial charge is 0.0468 e. The highest BCUT2D eigenvalue weighted by atomic mass is 15.1. The fourth-order valence-electron chi connectivity index (χ4n) is 6.30. The number of hydrogen-bond acceptors (Lipinski definition) is 2. The molecule has 7 rings (SSSR count). The van der Waals surface area contributed by atoms with Crippen LogP contribution in [0.5, 0.6) is 0 Å². The normalized spacial score (nSPS) is 11.2. The van der Waals surface area contributed by atoms with E-state index in [1.807, 2.05) is 0 Å². The van der Waals surface area contributed by atoms with Gasteiger partial charge in [0.2, 0.25) is 0 Å². The maximum atomic E-state index is 2.34. The molecule has 0 saturated carbocycles. The maximum absolute atomic E-state index is 2.34. The van der Waals surface area contributed by atoms with Crippen molar-refractivity contribution >= 4 is 57.0 Å². The minimum Gasteiger partial charge on any atom is -0.310 e. The Morgan fingerprint density at radius 3 is 1.40 bits per heavy atom. The van der Waals surface area contributed by atoms with Crippen molar-refractivity contribution < 1.29 is 0 Å². The predicted molar refractivity (Wildman–Crippen MR) is 203 cm³/mol. The van der Waals surface area contributed by atoms with Gasteiger partial charge in [-0.2, -0.15) is 0 Å². The van der Waals surface area contributed by atoms with E-state index in [1.165, 1.54) is 33.2 Å². The fourth-order valence-corrected chi connectivity index (χ4v) is 6.30. The van der Waals surface area contributed by atoms with E-state index in [1.54, 1.807) is 0 Å². The number of nitrogens with zero attached hydrogens (tertiary/aromatic N) is 2. The molecule has 0 saturated heterocycles. The van der Waals surface area contributed by atoms with Gasteiger partial charge in [-0.25, -0.2) is 0 Å². The van der Waals surface area contributed by atoms with Crippen molar-refractivity contribution in [3.05, 3.63) is 192 Å². The average Bonchev–Trinajstić information content (AvgIpc) is 3.09. The van der Waals surface area contributed by atoms with Gasteiger partial charge >= 0.3 is 0 Å². The number of hydrogen-bond donors (Lipinski definition) is 0. The summed E-state index contributed by atoms with van der Waals surface area (Å²) in [7, 11) is 0. The molecule has 0 aromatic heterocycles. The minimum atomic E-state index is 1.12. The molecule has 0 aliphatic carbocycles. The maximum Gasteiger partial charge on any atom is 0.0468 e. The second-order valence-corrected chi connectivity index (χ2v) is 12.2. The van der Waals surface area contributed by atoms with Crippen molar-refractivity contribution in [3.63, 3.8) is 0 Å². The molecule has 0 aliphatic rings. The van der Waals surface area contributed by atoms with Crippen molar-refractivity contribution in [2.75, 3.05) is 9.80 Å². The summed E-state index contributed by atoms with van der Waals surface area (Å²) in [6.07, 6.45) is 4.37. The van der Waals surface area contributed by atoms with Crippen LogP contribution in [0.15, 0.2) is 164 Å². The quantitative estimate of drug-likeness (QED) is 0.159. The molecular weight excluding hydrogens is 569 g/mol. The first-order chi connectivity index (χ1) is 23.0. The van der Waals surface area contributed by atoms with Crippen molar-refractivity contribution in [2.24, 2.45) is 0 Å². The molecular formula is C45H38N2. The van der Waals surface area contributed by atoms with Crippen LogP contribution in [0.25, 0.3) is 22.9 Å². The van der Waals surface area contributed by atoms with Crippen LogP contribution in [0.4, 0.5) is 34.1 Å². The zero-order valence-corrected chi connectivity index (χ0v) is 27.1. The molecule has 0 bridgehead atoms. The Morgan fingerprint density at radius 2 is 0.787 bits per heavy atom. The highest BCUT2D eigenvalue weighted by Crippen LogP contribution is 2.37. The van der Waals surface area contributed by atoms with Crippen molar-refractivity contribution in [1.82, 2.24) is 0 Å². The Kier molecular flexibility index (Phi) is 8.41. The van der Waals surface area contributed by atoms with Gasteiger partial charge in [-0.3, -0.25) is 0 Å². The van der Waals surface area contributed by atoms with Crippen molar-refractivity contribution in [1.29, 1.82) is 0 Å². The van der Waals surface area contributed by atoms with Crippen molar-refractivity contribution in [3.8, 4) is 0 Å². The number of benzene rings is 7. The monoisotopic (exact) mass is 606 g/mol. The number of fused-ring (bicyclic) bond motifs is 1. The summed E-state index contributed by atoms with van der Waals surface area (Å²) in [5.74, 6) is 0. The molecule has 0 unspecified atom stereocenters. The molecule has 228 valence electrons. The topological polar surface area (TPSA) is 6.48 Å². The third-order valence-corrected chi connectivity index (χ3v) is 8.50. The zero-order valence-electron chi connectivity index (χ0n) is 27.1. The summed E-state index contributed by atoms with van der Waals surface area (Å²) in [4.78, 5) is 4.65. The highest BCUT2D eigenvalue weighted by Gasteiger charge is 2.14. The van der Waals surface area contributed by atoms with Gasteiger partial charge < -0.3 is 9.80 Å². The molecule has 0 heterocycles. The van der Waals surface area contributed by atoms with Crippen LogP contribution in [0.1, 0.15) is 27.8 Å². The van der Waals surface area contributed by atoms with Gasteiger partial charge in [0.05, 0.1) is 0 Å². The van der Waals surface area contributed by atoms with E-state index in [9.17, 15) is 0 Å². The van der Waals surface area contributed by atoms with Gasteiger partial charge in [0, 0.05) is 34.1 Å². The lowest BCUT2D eigenvalue weighted by Gasteiger charge is -2.26. The minimum absolute atomic E-state index is 1.12. The Labute approximate surface area is 278 Å². The van der Waals surface area contributed by atoms with Crippen molar-refractivity contribution in [2.45, 2.75) is 20.8 Å². The van der Waals surface area contributed by atoms with Gasteiger partial charge in [-0.15, -0.1) is 0 Å². The van der Waals surface area contributed by atoms with E-state index in [-0.39, 0.29) is 0 Å². The first kappa shape index (κ1) is 29.8. The molecule has 7 aromatic carbocycles. The number of anilines is 6. The Morgan fingerprint density at radius 1 is 0.319 bits per heavy atom. The second-order valence-electron chi connectivity index (χ2n) is 12.2. The molecule has 0 N–H and O–H groups in total. The lowest BCUT2D eigenvalue weighted by atomic mass is 10.1. The van der Waals surface area contributed by atoms with E-state index >= 15 is 0 Å². The van der Waals surface area contributed by atoms with Crippen LogP contribution in [0.3, 0.4) is 0 Å². The second kappa shape index (κ2) is 13.2. The SMILES string of the molecule is Cc1cccc(N(c2ccc(/C=C/c3ccc(N(c4ccccc4)c4ccc5ccccc5c4)cc3)cc2)c2cc(C)cc(C)c2)c1. The zero-order chi connectivity index (χ0) is 32.2. The van der Waals surface area contributed by atoms with Crippen LogP contribution in [0, 0.1) is 20.8 Å². The summed E-state index contributed by atoms with van der Waals surface area (Å²) >= 11 is 0. The molecule has 0 amide bonds. The van der Waals surface area contributed by atoms with Gasteiger partial charge in [-0.05, 0) is 132 Å². The predicted octanol–water partition coefficient (Wildman–Crippen LogP) is 12.9. The first-order valence-corrected chi connectivity index (χ1v) is 16.2. The molecule has 0 aliphatic heterocycles. The van der Waals surface area contributed by atoms with Crippen LogP contribution >= 0.6 is 0 Å². The lowest BCUT2D eigenvalue weighted by Crippen LogP contribution is -2.10. The van der Waals surface area contributed by atoms with E-state index in [2.05, 4.69) is 207 Å². The fraction of sp³-hybridized carbons (Fsp3) is 0.0667. The summed E-state index contributed by atoms with van der Waals surface area (Å²) in [5.41, 5.74) is 12.9. The van der Waals surface area contributed by atoms with Gasteiger partial charge in [0.25, 0.3) is 0 Å². The summed E-state index contributed by atoms with van der Waals surface area (Å²) in [5, 5.41) is 2.47. The summed E-state index contributed by atoms with van der Waals surface area (Å²) in [6.45, 7) is 6.47. The average molecular weight is 607 g/mol. The summed E-state index contributed by atoms with van der Waals surface area (Å²) < 4.78 is 0. The number of rotatable bonds is 8. The molecule has 2 heteroatoms. The lowest BCUT2D eigenvalue weighted by molar-refractivity contribution is 1.24. The number of aryl methyl sites for hydroxylation is 3. The Hall–Kier alpha value is -5.86. The van der Waals surface area contributed by atoms with E-state index in [0.717, 1.165) is 39.6 Å². The van der Waals surface area contributed by atoms with Crippen LogP contribution in [-0.2, 0) is 0 Å². The van der Waals surface area contributed by atoms with Crippen LogP contribution in [0.2, 0.25) is 0 Å². The summed E-state index contributed by atoms with van der Waals surface area (Å²) in [6, 6.07) is 58.8. The van der Waals surface area contributed by atoms with Crippen LogP contribution in [-0.4, -0.2) is 0 Å². The molecule has 0 spiro atoms. The van der Waals surface area contributed by atoms with Gasteiger partial charge in [0.15, 0.2) is 0 Å². The number of para-hydroxylation sites is 1. The Balaban J connectivity index is 1.15. The third kappa shape index (κ3) is 6.73. The standard InChI is InChI=1S/C45H38N2/c1-33-10-9-15-43(29-33)47(45-30-34(2)28-35(3)31-45)42-25-20-37(21-26-42)17-16-36-18-23-41(24-19-36)46(40-13-5-4-6-14-40)44-27-22-38-11-7-8-12-39(38)32-44/h4-32H,1-3H3/b17-16+. The molecule has 47 heavy (non-hydrogen) atoms. The van der Waals surface area contributed by atoms with E-state index in [4.69, 9.17) is 0 Å². The molecule has 7 aromatic rings. The molecule has 0 atom stereocenters. The molecule has 0 radical (unpaired) electrons. The molecule has 0 fully saturated rings. The highest BCUT2D eigenvalue weighted by molar-refractivity contribution is 5.89. The largest absolute Gasteiger partial charge is 0.310 e. The van der Waals surface area contributed by atoms with Gasteiger partial charge in [0.1, 0.15) is 0 Å².